The number of likely N-dealkylation sites (N-methyl/N-ethyl adjacent to an activating group) is 2. The number of likely N-dealkylation sites (tertiary alicyclic amines) is 1. The number of methoxy groups -OCH3 is 1. The predicted molar refractivity (Wildman–Crippen MR) is 187 cm³/mol. The molecular formula is C35H43N7O3S. The van der Waals surface area contributed by atoms with E-state index in [9.17, 15) is 9.00 Å². The molecule has 1 amide bonds. The summed E-state index contributed by atoms with van der Waals surface area (Å²) >= 11 is 0. The van der Waals surface area contributed by atoms with Gasteiger partial charge < -0.3 is 29.7 Å². The maximum absolute atomic E-state index is 13.5. The van der Waals surface area contributed by atoms with Crippen LogP contribution in [0.25, 0.3) is 22.2 Å². The number of para-hydroxylation sites is 1. The number of carbonyl (C=O) groups is 1. The molecule has 46 heavy (non-hydrogen) atoms. The monoisotopic (exact) mass is 641 g/mol. The van der Waals surface area contributed by atoms with Crippen LogP contribution in [0.15, 0.2) is 66.3 Å². The number of anilines is 4. The van der Waals surface area contributed by atoms with Gasteiger partial charge in [0.05, 0.1) is 45.6 Å². The van der Waals surface area contributed by atoms with Crippen molar-refractivity contribution in [2.24, 2.45) is 0 Å². The molecule has 10 nitrogen and oxygen atoms in total. The predicted octanol–water partition coefficient (Wildman–Crippen LogP) is 6.36. The fourth-order valence-electron chi connectivity index (χ4n) is 6.25. The molecule has 1 aliphatic carbocycles. The number of nitrogens with zero attached hydrogens (tertiary/aromatic N) is 5. The summed E-state index contributed by atoms with van der Waals surface area (Å²) in [7, 11) is 4.48. The summed E-state index contributed by atoms with van der Waals surface area (Å²) in [6.07, 6.45) is 9.66. The van der Waals surface area contributed by atoms with E-state index >= 15 is 0 Å². The Hall–Kier alpha value is -4.22. The van der Waals surface area contributed by atoms with Crippen LogP contribution >= 0.6 is 0 Å². The van der Waals surface area contributed by atoms with Crippen molar-refractivity contribution in [1.82, 2.24) is 19.4 Å². The van der Waals surface area contributed by atoms with Gasteiger partial charge in [-0.05, 0) is 57.5 Å². The van der Waals surface area contributed by atoms with Crippen LogP contribution in [0.4, 0.5) is 23.0 Å². The highest BCUT2D eigenvalue weighted by Gasteiger charge is 2.28. The van der Waals surface area contributed by atoms with Gasteiger partial charge >= 0.3 is 0 Å². The lowest BCUT2D eigenvalue weighted by molar-refractivity contribution is -0.111. The number of hydrogen-bond donors (Lipinski definition) is 2. The van der Waals surface area contributed by atoms with Crippen LogP contribution in [0.3, 0.4) is 0 Å². The first kappa shape index (κ1) is 31.7. The van der Waals surface area contributed by atoms with Gasteiger partial charge in [0, 0.05) is 65.9 Å². The van der Waals surface area contributed by atoms with Crippen molar-refractivity contribution in [1.29, 1.82) is 0 Å². The molecule has 0 bridgehead atoms. The Labute approximate surface area is 273 Å². The molecule has 2 unspecified atom stereocenters. The molecule has 3 heterocycles. The minimum Gasteiger partial charge on any atom is -0.494 e. The molecule has 2 aromatic carbocycles. The van der Waals surface area contributed by atoms with Crippen LogP contribution in [0, 0.1) is 0 Å². The average Bonchev–Trinajstić information content (AvgIpc) is 3.71. The number of ether oxygens (including phenoxy) is 1. The first-order chi connectivity index (χ1) is 22.2. The minimum absolute atomic E-state index is 0.109. The average molecular weight is 642 g/mol. The first-order valence-electron chi connectivity index (χ1n) is 15.9. The van der Waals surface area contributed by atoms with E-state index in [2.05, 4.69) is 61.9 Å². The third-order valence-electron chi connectivity index (χ3n) is 8.91. The van der Waals surface area contributed by atoms with Gasteiger partial charge in [-0.2, -0.15) is 0 Å². The molecule has 2 atom stereocenters. The lowest BCUT2D eigenvalue weighted by Crippen LogP contribution is -2.37. The topological polar surface area (TPSA) is 105 Å². The zero-order valence-corrected chi connectivity index (χ0v) is 28.1. The zero-order chi connectivity index (χ0) is 32.5. The van der Waals surface area contributed by atoms with E-state index in [1.165, 1.54) is 12.5 Å². The number of rotatable bonds is 12. The molecule has 11 heteroatoms. The number of amides is 1. The first-order valence-corrected chi connectivity index (χ1v) is 17.1. The summed E-state index contributed by atoms with van der Waals surface area (Å²) in [6, 6.07) is 12.9. The number of nitrogens with one attached hydrogen (secondary N) is 2. The summed E-state index contributed by atoms with van der Waals surface area (Å²) in [5, 5.41) is 7.27. The number of fused-ring (bicyclic) bond motifs is 1. The number of carbonyl (C=O) groups excluding carboxylic acids is 1. The number of aromatic nitrogens is 3. The molecule has 1 saturated carbocycles. The Morgan fingerprint density at radius 2 is 2.00 bits per heavy atom. The molecule has 6 rings (SSSR count). The van der Waals surface area contributed by atoms with Crippen LogP contribution in [0.1, 0.15) is 45.6 Å². The van der Waals surface area contributed by atoms with Crippen molar-refractivity contribution in [2.75, 3.05) is 49.8 Å². The Balaban J connectivity index is 1.41. The van der Waals surface area contributed by atoms with E-state index in [1.807, 2.05) is 45.2 Å². The van der Waals surface area contributed by atoms with Gasteiger partial charge in [-0.1, -0.05) is 38.6 Å². The number of hydrogen-bond acceptors (Lipinski definition) is 8. The fraction of sp³-hybridized carbons (Fsp3) is 0.400. The summed E-state index contributed by atoms with van der Waals surface area (Å²) in [5.41, 5.74) is 4.73. The lowest BCUT2D eigenvalue weighted by Gasteiger charge is -2.29. The second-order valence-electron chi connectivity index (χ2n) is 12.5. The Kier molecular flexibility index (Phi) is 9.15. The van der Waals surface area contributed by atoms with Crippen molar-refractivity contribution >= 4 is 50.6 Å². The largest absolute Gasteiger partial charge is 0.494 e. The van der Waals surface area contributed by atoms with E-state index < -0.39 is 10.8 Å². The molecule has 2 N–H and O–H groups in total. The quantitative estimate of drug-likeness (QED) is 0.172. The van der Waals surface area contributed by atoms with Gasteiger partial charge in [0.25, 0.3) is 0 Å². The molecule has 1 saturated heterocycles. The third-order valence-corrected chi connectivity index (χ3v) is 10.5. The molecular weight excluding hydrogens is 598 g/mol. The molecule has 2 fully saturated rings. The standard InChI is InChI=1S/C35H43N7O3S/c1-7-33(43)37-27-17-28(31(45-6)18-30(27)41(5)20-24-11-10-16-40(24)4)38-35-36-19-32(46(44)22(2)3)34(39-35)26-21-42(23-14-15-23)29-13-9-8-12-25(26)29/h7-9,12-13,17-19,21-24H,1,10-11,14-16,20H2,2-6H3,(H,37,43)(H,36,38,39). The minimum atomic E-state index is -1.31. The maximum atomic E-state index is 13.5. The van der Waals surface area contributed by atoms with Crippen molar-refractivity contribution in [3.05, 3.63) is 61.4 Å². The van der Waals surface area contributed by atoms with Crippen molar-refractivity contribution in [2.45, 2.75) is 61.8 Å². The second-order valence-corrected chi connectivity index (χ2v) is 14.5. The molecule has 2 aromatic heterocycles. The summed E-state index contributed by atoms with van der Waals surface area (Å²) < 4.78 is 21.7. The van der Waals surface area contributed by atoms with Crippen molar-refractivity contribution < 1.29 is 13.7 Å². The SMILES string of the molecule is C=CC(=O)Nc1cc(Nc2ncc(S(=O)C(C)C)c(-c3cn(C4CC4)c4ccccc34)n2)c(OC)cc1N(C)CC1CCCN1C. The van der Waals surface area contributed by atoms with E-state index in [1.54, 1.807) is 13.3 Å². The van der Waals surface area contributed by atoms with Gasteiger partial charge in [-0.25, -0.2) is 9.97 Å². The summed E-state index contributed by atoms with van der Waals surface area (Å²) in [5.74, 6) is 0.592. The molecule has 1 aliphatic heterocycles. The van der Waals surface area contributed by atoms with Gasteiger partial charge in [0.15, 0.2) is 0 Å². The van der Waals surface area contributed by atoms with Gasteiger partial charge in [0.1, 0.15) is 5.75 Å². The highest BCUT2D eigenvalue weighted by molar-refractivity contribution is 7.85. The second kappa shape index (κ2) is 13.3. The van der Waals surface area contributed by atoms with E-state index in [0.29, 0.717) is 45.7 Å². The third kappa shape index (κ3) is 6.39. The van der Waals surface area contributed by atoms with Gasteiger partial charge in [-0.3, -0.25) is 9.00 Å². The van der Waals surface area contributed by atoms with Crippen molar-refractivity contribution in [3.8, 4) is 17.0 Å². The smallest absolute Gasteiger partial charge is 0.247 e. The molecule has 0 radical (unpaired) electrons. The van der Waals surface area contributed by atoms with E-state index in [-0.39, 0.29) is 11.2 Å². The van der Waals surface area contributed by atoms with Gasteiger partial charge in [-0.15, -0.1) is 0 Å². The fourth-order valence-corrected chi connectivity index (χ4v) is 7.26. The highest BCUT2D eigenvalue weighted by atomic mass is 32.2. The maximum Gasteiger partial charge on any atom is 0.247 e. The Morgan fingerprint density at radius 3 is 2.67 bits per heavy atom. The highest BCUT2D eigenvalue weighted by Crippen LogP contribution is 2.43. The van der Waals surface area contributed by atoms with Gasteiger partial charge in [0.2, 0.25) is 11.9 Å². The van der Waals surface area contributed by atoms with Crippen LogP contribution in [0.5, 0.6) is 5.75 Å². The van der Waals surface area contributed by atoms with Crippen LogP contribution in [-0.4, -0.2) is 75.1 Å². The normalized spacial score (nSPS) is 17.3. The molecule has 4 aromatic rings. The summed E-state index contributed by atoms with van der Waals surface area (Å²) in [6.45, 7) is 9.40. The Morgan fingerprint density at radius 1 is 1.22 bits per heavy atom. The molecule has 2 aliphatic rings. The molecule has 0 spiro atoms. The van der Waals surface area contributed by atoms with Crippen LogP contribution < -0.4 is 20.3 Å². The van der Waals surface area contributed by atoms with Crippen LogP contribution in [-0.2, 0) is 15.6 Å². The van der Waals surface area contributed by atoms with Crippen LogP contribution in [0.2, 0.25) is 0 Å². The summed E-state index contributed by atoms with van der Waals surface area (Å²) in [4.78, 5) is 27.3. The van der Waals surface area contributed by atoms with E-state index in [4.69, 9.17) is 9.72 Å². The number of benzene rings is 2. The Bertz CT molecular complexity index is 1800. The lowest BCUT2D eigenvalue weighted by atomic mass is 10.1. The van der Waals surface area contributed by atoms with Crippen molar-refractivity contribution in [3.63, 3.8) is 0 Å². The molecule has 242 valence electrons. The van der Waals surface area contributed by atoms with E-state index in [0.717, 1.165) is 54.5 Å². The zero-order valence-electron chi connectivity index (χ0n) is 27.2.